The number of sulfonamides is 1. The second-order valence-corrected chi connectivity index (χ2v) is 9.93. The maximum atomic E-state index is 13.4. The van der Waals surface area contributed by atoms with Gasteiger partial charge in [0.2, 0.25) is 10.0 Å². The second-order valence-electron chi connectivity index (χ2n) is 7.95. The standard InChI is InChI=1S/C22H31FN4O2S/c1-5-16(3)21-24-20(6-2)19(15-17-7-9-18(23)10-8-17)22(25-21)26-11-13-27(14-12-26)30(4,28)29/h7-10,16H,5-6,11-15H2,1-4H3. The van der Waals surface area contributed by atoms with Gasteiger partial charge in [0, 0.05) is 49.8 Å². The molecule has 0 aliphatic carbocycles. The van der Waals surface area contributed by atoms with Gasteiger partial charge in [-0.1, -0.05) is 32.9 Å². The second kappa shape index (κ2) is 9.39. The first-order valence-corrected chi connectivity index (χ1v) is 12.4. The Morgan fingerprint density at radius 3 is 2.23 bits per heavy atom. The van der Waals surface area contributed by atoms with Crippen LogP contribution in [0.25, 0.3) is 0 Å². The van der Waals surface area contributed by atoms with Gasteiger partial charge >= 0.3 is 0 Å². The zero-order chi connectivity index (χ0) is 21.9. The Morgan fingerprint density at radius 1 is 1.07 bits per heavy atom. The van der Waals surface area contributed by atoms with E-state index in [1.165, 1.54) is 22.7 Å². The quantitative estimate of drug-likeness (QED) is 0.669. The van der Waals surface area contributed by atoms with Crippen LogP contribution >= 0.6 is 0 Å². The Balaban J connectivity index is 2.00. The van der Waals surface area contributed by atoms with Gasteiger partial charge in [0.1, 0.15) is 17.5 Å². The van der Waals surface area contributed by atoms with Crippen LogP contribution in [0.4, 0.5) is 10.2 Å². The topological polar surface area (TPSA) is 66.4 Å². The van der Waals surface area contributed by atoms with E-state index in [0.717, 1.165) is 41.3 Å². The van der Waals surface area contributed by atoms with Crippen LogP contribution in [-0.2, 0) is 22.9 Å². The lowest BCUT2D eigenvalue weighted by atomic mass is 10.0. The molecule has 6 nitrogen and oxygen atoms in total. The molecule has 1 unspecified atom stereocenters. The van der Waals surface area contributed by atoms with Crippen molar-refractivity contribution in [1.29, 1.82) is 0 Å². The summed E-state index contributed by atoms with van der Waals surface area (Å²) in [6.45, 7) is 8.39. The molecule has 0 N–H and O–H groups in total. The number of halogens is 1. The van der Waals surface area contributed by atoms with E-state index in [4.69, 9.17) is 9.97 Å². The number of hydrogen-bond acceptors (Lipinski definition) is 5. The summed E-state index contributed by atoms with van der Waals surface area (Å²) >= 11 is 0. The summed E-state index contributed by atoms with van der Waals surface area (Å²) in [5, 5.41) is 0. The summed E-state index contributed by atoms with van der Waals surface area (Å²) in [7, 11) is -3.19. The average Bonchev–Trinajstić information content (AvgIpc) is 2.74. The van der Waals surface area contributed by atoms with E-state index in [0.29, 0.717) is 32.6 Å². The third-order valence-corrected chi connectivity index (χ3v) is 7.08. The minimum Gasteiger partial charge on any atom is -0.354 e. The number of piperazine rings is 1. The molecule has 0 radical (unpaired) electrons. The average molecular weight is 435 g/mol. The predicted molar refractivity (Wildman–Crippen MR) is 118 cm³/mol. The van der Waals surface area contributed by atoms with E-state index < -0.39 is 10.0 Å². The van der Waals surface area contributed by atoms with Crippen LogP contribution in [-0.4, -0.2) is 55.1 Å². The first kappa shape index (κ1) is 22.6. The normalized spacial score (nSPS) is 16.6. The molecule has 3 rings (SSSR count). The molecule has 1 aromatic heterocycles. The third-order valence-electron chi connectivity index (χ3n) is 5.78. The van der Waals surface area contributed by atoms with Crippen molar-refractivity contribution in [3.8, 4) is 0 Å². The highest BCUT2D eigenvalue weighted by atomic mass is 32.2. The van der Waals surface area contributed by atoms with Crippen molar-refractivity contribution in [2.24, 2.45) is 0 Å². The first-order valence-electron chi connectivity index (χ1n) is 10.6. The van der Waals surface area contributed by atoms with Gasteiger partial charge < -0.3 is 4.90 Å². The number of anilines is 1. The number of aromatic nitrogens is 2. The minimum atomic E-state index is -3.19. The summed E-state index contributed by atoms with van der Waals surface area (Å²) < 4.78 is 38.7. The molecule has 2 heterocycles. The van der Waals surface area contributed by atoms with Gasteiger partial charge in [-0.15, -0.1) is 0 Å². The Bertz CT molecular complexity index is 971. The summed E-state index contributed by atoms with van der Waals surface area (Å²) in [4.78, 5) is 12.0. The molecule has 1 saturated heterocycles. The molecule has 1 aliphatic rings. The molecule has 2 aromatic rings. The van der Waals surface area contributed by atoms with Crippen molar-refractivity contribution in [3.63, 3.8) is 0 Å². The highest BCUT2D eigenvalue weighted by Crippen LogP contribution is 2.29. The van der Waals surface area contributed by atoms with Gasteiger partial charge in [-0.05, 0) is 30.5 Å². The number of hydrogen-bond donors (Lipinski definition) is 0. The molecule has 0 saturated carbocycles. The molecule has 0 bridgehead atoms. The SMILES string of the molecule is CCc1nc(C(C)CC)nc(N2CCN(S(C)(=O)=O)CC2)c1Cc1ccc(F)cc1. The Kier molecular flexibility index (Phi) is 7.08. The van der Waals surface area contributed by atoms with Crippen molar-refractivity contribution in [2.75, 3.05) is 37.3 Å². The minimum absolute atomic E-state index is 0.242. The van der Waals surface area contributed by atoms with Crippen LogP contribution in [0, 0.1) is 5.82 Å². The van der Waals surface area contributed by atoms with Crippen LogP contribution in [0.3, 0.4) is 0 Å². The van der Waals surface area contributed by atoms with E-state index in [1.807, 2.05) is 0 Å². The molecular weight excluding hydrogens is 403 g/mol. The molecule has 0 spiro atoms. The molecule has 1 aromatic carbocycles. The fourth-order valence-corrected chi connectivity index (χ4v) is 4.54. The smallest absolute Gasteiger partial charge is 0.211 e. The number of rotatable bonds is 7. The number of nitrogens with zero attached hydrogens (tertiary/aromatic N) is 4. The van der Waals surface area contributed by atoms with Gasteiger partial charge in [-0.3, -0.25) is 0 Å². The van der Waals surface area contributed by atoms with Gasteiger partial charge in [0.25, 0.3) is 0 Å². The van der Waals surface area contributed by atoms with E-state index in [9.17, 15) is 12.8 Å². The van der Waals surface area contributed by atoms with Gasteiger partial charge in [0.15, 0.2) is 0 Å². The van der Waals surface area contributed by atoms with E-state index >= 15 is 0 Å². The highest BCUT2D eigenvalue weighted by molar-refractivity contribution is 7.88. The maximum Gasteiger partial charge on any atom is 0.211 e. The summed E-state index contributed by atoms with van der Waals surface area (Å²) in [5.74, 6) is 1.70. The molecule has 1 aliphatic heterocycles. The van der Waals surface area contributed by atoms with Crippen molar-refractivity contribution in [2.45, 2.75) is 46.0 Å². The van der Waals surface area contributed by atoms with Crippen LogP contribution in [0.1, 0.15) is 55.8 Å². The van der Waals surface area contributed by atoms with E-state index in [-0.39, 0.29) is 11.7 Å². The largest absolute Gasteiger partial charge is 0.354 e. The Hall–Kier alpha value is -2.06. The maximum absolute atomic E-state index is 13.4. The van der Waals surface area contributed by atoms with Gasteiger partial charge in [0.05, 0.1) is 6.26 Å². The first-order chi connectivity index (χ1) is 14.2. The van der Waals surface area contributed by atoms with Crippen LogP contribution in [0.15, 0.2) is 24.3 Å². The van der Waals surface area contributed by atoms with Crippen LogP contribution in [0.2, 0.25) is 0 Å². The van der Waals surface area contributed by atoms with Crippen LogP contribution in [0.5, 0.6) is 0 Å². The zero-order valence-electron chi connectivity index (χ0n) is 18.2. The molecule has 0 amide bonds. The lowest BCUT2D eigenvalue weighted by Crippen LogP contribution is -2.49. The Labute approximate surface area is 179 Å². The fraction of sp³-hybridized carbons (Fsp3) is 0.545. The lowest BCUT2D eigenvalue weighted by Gasteiger charge is -2.35. The van der Waals surface area contributed by atoms with Gasteiger partial charge in [-0.2, -0.15) is 4.31 Å². The summed E-state index contributed by atoms with van der Waals surface area (Å²) in [5.41, 5.74) is 3.05. The summed E-state index contributed by atoms with van der Waals surface area (Å²) in [6.07, 6.45) is 3.59. The monoisotopic (exact) mass is 434 g/mol. The molecule has 1 atom stereocenters. The van der Waals surface area contributed by atoms with E-state index in [2.05, 4.69) is 25.7 Å². The fourth-order valence-electron chi connectivity index (χ4n) is 3.71. The molecule has 164 valence electrons. The molecule has 30 heavy (non-hydrogen) atoms. The molecule has 8 heteroatoms. The lowest BCUT2D eigenvalue weighted by molar-refractivity contribution is 0.386. The number of benzene rings is 1. The molecular formula is C22H31FN4O2S. The summed E-state index contributed by atoms with van der Waals surface area (Å²) in [6, 6.07) is 6.53. The molecule has 1 fully saturated rings. The van der Waals surface area contributed by atoms with Crippen molar-refractivity contribution < 1.29 is 12.8 Å². The zero-order valence-corrected chi connectivity index (χ0v) is 19.0. The van der Waals surface area contributed by atoms with E-state index in [1.54, 1.807) is 12.1 Å². The highest BCUT2D eigenvalue weighted by Gasteiger charge is 2.27. The third kappa shape index (κ3) is 5.16. The van der Waals surface area contributed by atoms with Crippen molar-refractivity contribution in [1.82, 2.24) is 14.3 Å². The van der Waals surface area contributed by atoms with Crippen molar-refractivity contribution >= 4 is 15.8 Å². The van der Waals surface area contributed by atoms with Crippen LogP contribution < -0.4 is 4.90 Å². The van der Waals surface area contributed by atoms with Gasteiger partial charge in [-0.25, -0.2) is 22.8 Å². The predicted octanol–water partition coefficient (Wildman–Crippen LogP) is 3.36. The Morgan fingerprint density at radius 2 is 1.70 bits per heavy atom. The number of aryl methyl sites for hydroxylation is 1. The van der Waals surface area contributed by atoms with Crippen molar-refractivity contribution in [3.05, 3.63) is 52.7 Å².